The van der Waals surface area contributed by atoms with E-state index < -0.39 is 64.3 Å². The first-order chi connectivity index (χ1) is 20.8. The Morgan fingerprint density at radius 2 is 1.77 bits per heavy atom. The van der Waals surface area contributed by atoms with Crippen molar-refractivity contribution in [1.29, 1.82) is 5.41 Å². The first-order valence-electron chi connectivity index (χ1n) is 15.0. The molecule has 4 aliphatic rings. The van der Waals surface area contributed by atoms with Gasteiger partial charge in [-0.1, -0.05) is 42.8 Å². The number of aliphatic hydroxyl groups is 1. The number of amides is 1. The van der Waals surface area contributed by atoms with Crippen molar-refractivity contribution in [2.75, 3.05) is 20.6 Å². The summed E-state index contributed by atoms with van der Waals surface area (Å²) < 4.78 is 0. The van der Waals surface area contributed by atoms with Crippen LogP contribution in [0.5, 0.6) is 5.75 Å². The van der Waals surface area contributed by atoms with Crippen LogP contribution in [0, 0.1) is 29.1 Å². The zero-order valence-corrected chi connectivity index (χ0v) is 25.7. The minimum atomic E-state index is -2.53. The molecule has 6 unspecified atom stereocenters. The summed E-state index contributed by atoms with van der Waals surface area (Å²) in [6.45, 7) is 3.29. The number of ketones is 3. The summed E-state index contributed by atoms with van der Waals surface area (Å²) >= 11 is 7.00. The summed E-state index contributed by atoms with van der Waals surface area (Å²) in [6, 6.07) is 9.05. The predicted octanol–water partition coefficient (Wildman–Crippen LogP) is 1.96. The van der Waals surface area contributed by atoms with Gasteiger partial charge in [-0.2, -0.15) is 0 Å². The molecule has 232 valence electrons. The Bertz CT molecular complexity index is 1600. The number of nitrogens with one attached hydrogen (secondary N) is 1. The second-order valence-corrected chi connectivity index (χ2v) is 13.3. The monoisotopic (exact) mass is 620 g/mol. The highest BCUT2D eigenvalue weighted by Crippen LogP contribution is 2.52. The number of aromatic hydroxyl groups is 1. The normalized spacial score (nSPS) is 29.9. The van der Waals surface area contributed by atoms with Crippen LogP contribution in [0.25, 0.3) is 0 Å². The molecule has 44 heavy (non-hydrogen) atoms. The lowest BCUT2D eigenvalue weighted by atomic mass is 9.52. The van der Waals surface area contributed by atoms with Gasteiger partial charge in [-0.3, -0.25) is 29.0 Å². The molecule has 2 aromatic rings. The van der Waals surface area contributed by atoms with E-state index in [9.17, 15) is 29.4 Å². The maximum Gasteiger partial charge on any atom is 0.233 e. The van der Waals surface area contributed by atoms with Crippen molar-refractivity contribution < 1.29 is 29.4 Å². The Kier molecular flexibility index (Phi) is 7.56. The van der Waals surface area contributed by atoms with Gasteiger partial charge in [0.2, 0.25) is 5.91 Å². The number of hydrogen-bond donors (Lipinski definition) is 4. The maximum atomic E-state index is 14.1. The number of primary amides is 1. The molecule has 5 N–H and O–H groups in total. The Balaban J connectivity index is 1.35. The fraction of sp³-hybridized carbons (Fsp3) is 0.485. The van der Waals surface area contributed by atoms with Gasteiger partial charge in [-0.15, -0.1) is 0 Å². The average molecular weight is 621 g/mol. The third kappa shape index (κ3) is 4.37. The van der Waals surface area contributed by atoms with Crippen molar-refractivity contribution in [2.45, 2.75) is 56.8 Å². The van der Waals surface area contributed by atoms with Crippen LogP contribution in [0.2, 0.25) is 5.02 Å². The van der Waals surface area contributed by atoms with Gasteiger partial charge in [0.05, 0.1) is 23.2 Å². The van der Waals surface area contributed by atoms with Crippen LogP contribution in [0.15, 0.2) is 30.3 Å². The molecule has 0 heterocycles. The number of phenols is 1. The highest BCUT2D eigenvalue weighted by atomic mass is 35.5. The van der Waals surface area contributed by atoms with Crippen molar-refractivity contribution in [3.05, 3.63) is 63.2 Å². The van der Waals surface area contributed by atoms with Gasteiger partial charge in [0.15, 0.2) is 23.0 Å². The number of hydrogen-bond acceptors (Lipinski definition) is 9. The molecule has 1 amide bonds. The molecule has 6 atom stereocenters. The van der Waals surface area contributed by atoms with E-state index in [-0.39, 0.29) is 30.2 Å². The van der Waals surface area contributed by atoms with Crippen LogP contribution in [0.4, 0.5) is 0 Å². The molecule has 0 spiro atoms. The molecule has 0 saturated heterocycles. The van der Waals surface area contributed by atoms with Crippen LogP contribution in [0.3, 0.4) is 0 Å². The summed E-state index contributed by atoms with van der Waals surface area (Å²) in [4.78, 5) is 57.5. The summed E-state index contributed by atoms with van der Waals surface area (Å²) in [5, 5.41) is 32.0. The van der Waals surface area contributed by atoms with Crippen LogP contribution < -0.4 is 5.73 Å². The molecule has 0 bridgehead atoms. The molecule has 0 radical (unpaired) electrons. The smallest absolute Gasteiger partial charge is 0.233 e. The second kappa shape index (κ2) is 10.9. The van der Waals surface area contributed by atoms with Crippen LogP contribution in [-0.2, 0) is 40.2 Å². The number of carbonyl (C=O) groups excluding carboxylic acids is 4. The molecule has 11 heteroatoms. The molecule has 0 aromatic heterocycles. The molecule has 2 saturated carbocycles. The number of nitrogens with zero attached hydrogens (tertiary/aromatic N) is 2. The van der Waals surface area contributed by atoms with Gasteiger partial charge in [0, 0.05) is 23.5 Å². The van der Waals surface area contributed by atoms with E-state index >= 15 is 0 Å². The minimum Gasteiger partial charge on any atom is -0.507 e. The summed E-state index contributed by atoms with van der Waals surface area (Å²) in [5.74, 6) is -8.53. The first-order valence-corrected chi connectivity index (χ1v) is 15.4. The number of phenolic OH excluding ortho intramolecular Hbond substituents is 1. The number of halogens is 1. The van der Waals surface area contributed by atoms with E-state index in [1.54, 1.807) is 14.1 Å². The number of carbonyl (C=O) groups is 4. The zero-order chi connectivity index (χ0) is 31.8. The molecule has 6 rings (SSSR count). The first kappa shape index (κ1) is 30.6. The van der Waals surface area contributed by atoms with Crippen LogP contribution >= 0.6 is 11.6 Å². The summed E-state index contributed by atoms with van der Waals surface area (Å²) in [7, 11) is 3.19. The van der Waals surface area contributed by atoms with E-state index in [2.05, 4.69) is 24.0 Å². The minimum absolute atomic E-state index is 0.0549. The lowest BCUT2D eigenvalue weighted by molar-refractivity contribution is -0.157. The lowest BCUT2D eigenvalue weighted by Crippen LogP contribution is -2.73. The third-order valence-electron chi connectivity index (χ3n) is 10.5. The maximum absolute atomic E-state index is 14.1. The number of likely N-dealkylation sites (N-methyl/N-ethyl adjacent to an activating group) is 2. The van der Waals surface area contributed by atoms with Gasteiger partial charge in [-0.05, 0) is 80.6 Å². The molecule has 2 aromatic carbocycles. The largest absolute Gasteiger partial charge is 0.507 e. The van der Waals surface area contributed by atoms with Gasteiger partial charge < -0.3 is 21.4 Å². The summed E-state index contributed by atoms with van der Waals surface area (Å²) in [5.41, 5.74) is 5.85. The van der Waals surface area contributed by atoms with Gasteiger partial charge >= 0.3 is 0 Å². The number of benzene rings is 2. The molecule has 4 aliphatic carbocycles. The SMILES string of the molecule is CCN(Cc1cc(O)c2c(c1Cl)CC1CC3C(N(C)C)C(=O)C(C(N)=O)C(=N)C3(O)C(=O)C1C2=O)C1Cc2ccccc2C1. The van der Waals surface area contributed by atoms with E-state index in [1.165, 1.54) is 22.1 Å². The third-order valence-corrected chi connectivity index (χ3v) is 10.9. The average Bonchev–Trinajstić information content (AvgIpc) is 3.39. The Morgan fingerprint density at radius 1 is 1.14 bits per heavy atom. The van der Waals surface area contributed by atoms with Crippen molar-refractivity contribution in [2.24, 2.45) is 29.4 Å². The predicted molar refractivity (Wildman–Crippen MR) is 163 cm³/mol. The molecular formula is C33H37ClN4O6. The highest BCUT2D eigenvalue weighted by molar-refractivity contribution is 6.35. The standard InChI is InChI=1S/C33H37ClN4O6/c1-4-38(19-9-15-7-5-6-8-16(15)10-19)14-18-13-22(39)24-20(26(18)34)11-17-12-21-27(37(2)3)29(41)25(32(36)43)30(35)33(21,44)31(42)23(17)28(24)40/h5-8,13,17,19,21,23,25,27,35,39,44H,4,9-12,14H2,1-3H3,(H2,36,43). The van der Waals surface area contributed by atoms with Gasteiger partial charge in [0.1, 0.15) is 11.7 Å². The van der Waals surface area contributed by atoms with E-state index in [0.717, 1.165) is 19.4 Å². The van der Waals surface area contributed by atoms with Crippen LogP contribution in [-0.4, -0.2) is 87.3 Å². The Hall–Kier alpha value is -3.44. The highest BCUT2D eigenvalue weighted by Gasteiger charge is 2.67. The van der Waals surface area contributed by atoms with Gasteiger partial charge in [-0.25, -0.2) is 0 Å². The van der Waals surface area contributed by atoms with Crippen molar-refractivity contribution >= 4 is 40.6 Å². The number of fused-ring (bicyclic) bond motifs is 4. The van der Waals surface area contributed by atoms with Crippen molar-refractivity contribution in [1.82, 2.24) is 9.80 Å². The Morgan fingerprint density at radius 3 is 2.34 bits per heavy atom. The quantitative estimate of drug-likeness (QED) is 0.356. The van der Waals surface area contributed by atoms with E-state index in [4.69, 9.17) is 22.7 Å². The Labute approximate surface area is 260 Å². The van der Waals surface area contributed by atoms with E-state index in [0.29, 0.717) is 22.7 Å². The number of rotatable bonds is 6. The molecule has 10 nitrogen and oxygen atoms in total. The second-order valence-electron chi connectivity index (χ2n) is 13.0. The number of nitrogens with two attached hydrogens (primary N) is 1. The topological polar surface area (TPSA) is 165 Å². The van der Waals surface area contributed by atoms with Crippen LogP contribution in [0.1, 0.15) is 46.0 Å². The number of Topliss-reactive ketones (excluding diaryl/α,β-unsaturated/α-hetero) is 3. The molecule has 0 aliphatic heterocycles. The molecular weight excluding hydrogens is 584 g/mol. The van der Waals surface area contributed by atoms with Crippen molar-refractivity contribution in [3.63, 3.8) is 0 Å². The molecule has 2 fully saturated rings. The lowest BCUT2D eigenvalue weighted by Gasteiger charge is -2.53. The summed E-state index contributed by atoms with van der Waals surface area (Å²) in [6.07, 6.45) is 2.05. The fourth-order valence-electron chi connectivity index (χ4n) is 8.39. The van der Waals surface area contributed by atoms with E-state index in [1.807, 2.05) is 12.1 Å². The van der Waals surface area contributed by atoms with Crippen molar-refractivity contribution in [3.8, 4) is 5.75 Å². The van der Waals surface area contributed by atoms with Gasteiger partial charge in [0.25, 0.3) is 0 Å². The zero-order valence-electron chi connectivity index (χ0n) is 25.0. The fourth-order valence-corrected chi connectivity index (χ4v) is 8.67.